The molecule has 0 spiro atoms. The van der Waals surface area contributed by atoms with Crippen LogP contribution in [0.5, 0.6) is 0 Å². The maximum Gasteiger partial charge on any atom is 0.416 e. The third-order valence-electron chi connectivity index (χ3n) is 2.54. The number of hydrogen-bond acceptors (Lipinski definition) is 0. The first-order valence-corrected chi connectivity index (χ1v) is 5.12. The van der Waals surface area contributed by atoms with E-state index >= 15 is 0 Å². The SMILES string of the molecule is Fc1ccc(-c2cccc(C(F)(F)F)c2)c(F)c1F. The van der Waals surface area contributed by atoms with E-state index in [1.165, 1.54) is 6.07 Å². The predicted molar refractivity (Wildman–Crippen MR) is 56.8 cm³/mol. The van der Waals surface area contributed by atoms with Gasteiger partial charge in [0.2, 0.25) is 0 Å². The Morgan fingerprint density at radius 2 is 1.47 bits per heavy atom. The number of benzene rings is 2. The quantitative estimate of drug-likeness (QED) is 0.519. The van der Waals surface area contributed by atoms with Crippen molar-refractivity contribution in [1.29, 1.82) is 0 Å². The van der Waals surface area contributed by atoms with Crippen LogP contribution in [0.4, 0.5) is 26.3 Å². The highest BCUT2D eigenvalue weighted by Gasteiger charge is 2.30. The average molecular weight is 276 g/mol. The Kier molecular flexibility index (Phi) is 3.26. The summed E-state index contributed by atoms with van der Waals surface area (Å²) in [7, 11) is 0. The first kappa shape index (κ1) is 13.5. The number of halogens is 6. The zero-order valence-electron chi connectivity index (χ0n) is 9.23. The first-order chi connectivity index (χ1) is 8.80. The molecule has 0 aliphatic heterocycles. The van der Waals surface area contributed by atoms with Crippen LogP contribution in [-0.2, 0) is 6.18 Å². The molecule has 0 unspecified atom stereocenters. The van der Waals surface area contributed by atoms with Gasteiger partial charge >= 0.3 is 6.18 Å². The van der Waals surface area contributed by atoms with Crippen molar-refractivity contribution in [3.8, 4) is 11.1 Å². The molecule has 0 saturated heterocycles. The summed E-state index contributed by atoms with van der Waals surface area (Å²) >= 11 is 0. The topological polar surface area (TPSA) is 0 Å². The van der Waals surface area contributed by atoms with Gasteiger partial charge in [-0.2, -0.15) is 13.2 Å². The normalized spacial score (nSPS) is 11.7. The number of hydrogen-bond donors (Lipinski definition) is 0. The highest BCUT2D eigenvalue weighted by Crippen LogP contribution is 2.33. The molecule has 0 amide bonds. The minimum Gasteiger partial charge on any atom is -0.204 e. The van der Waals surface area contributed by atoms with Crippen molar-refractivity contribution >= 4 is 0 Å². The van der Waals surface area contributed by atoms with Crippen molar-refractivity contribution in [3.05, 3.63) is 59.4 Å². The van der Waals surface area contributed by atoms with Gasteiger partial charge in [0.15, 0.2) is 17.5 Å². The average Bonchev–Trinajstić information content (AvgIpc) is 2.35. The van der Waals surface area contributed by atoms with Gasteiger partial charge in [-0.1, -0.05) is 12.1 Å². The molecule has 0 radical (unpaired) electrons. The molecular formula is C13H6F6. The van der Waals surface area contributed by atoms with E-state index in [4.69, 9.17) is 0 Å². The summed E-state index contributed by atoms with van der Waals surface area (Å²) in [5.74, 6) is -4.62. The van der Waals surface area contributed by atoms with Gasteiger partial charge in [0.25, 0.3) is 0 Å². The lowest BCUT2D eigenvalue weighted by atomic mass is 10.0. The molecule has 6 heteroatoms. The van der Waals surface area contributed by atoms with E-state index in [1.54, 1.807) is 0 Å². The van der Waals surface area contributed by atoms with Gasteiger partial charge in [0.1, 0.15) is 0 Å². The van der Waals surface area contributed by atoms with Crippen molar-refractivity contribution < 1.29 is 26.3 Å². The molecule has 0 bridgehead atoms. The van der Waals surface area contributed by atoms with Gasteiger partial charge < -0.3 is 0 Å². The predicted octanol–water partition coefficient (Wildman–Crippen LogP) is 4.79. The zero-order valence-corrected chi connectivity index (χ0v) is 9.23. The molecule has 0 N–H and O–H groups in total. The molecule has 0 aliphatic carbocycles. The molecule has 19 heavy (non-hydrogen) atoms. The fourth-order valence-electron chi connectivity index (χ4n) is 1.61. The Hall–Kier alpha value is -1.98. The van der Waals surface area contributed by atoms with Crippen LogP contribution in [-0.4, -0.2) is 0 Å². The lowest BCUT2D eigenvalue weighted by molar-refractivity contribution is -0.137. The van der Waals surface area contributed by atoms with Crippen molar-refractivity contribution in [1.82, 2.24) is 0 Å². The Morgan fingerprint density at radius 1 is 0.789 bits per heavy atom. The second-order valence-electron chi connectivity index (χ2n) is 3.80. The van der Waals surface area contributed by atoms with E-state index in [9.17, 15) is 26.3 Å². The minimum atomic E-state index is -4.59. The van der Waals surface area contributed by atoms with Gasteiger partial charge in [-0.3, -0.25) is 0 Å². The Morgan fingerprint density at radius 3 is 2.11 bits per heavy atom. The molecule has 0 aliphatic rings. The standard InChI is InChI=1S/C13H6F6/c14-10-5-4-9(11(15)12(10)16)7-2-1-3-8(6-7)13(17,18)19/h1-6H. The van der Waals surface area contributed by atoms with Crippen LogP contribution in [0.1, 0.15) is 5.56 Å². The molecule has 2 aromatic carbocycles. The van der Waals surface area contributed by atoms with Crippen LogP contribution >= 0.6 is 0 Å². The summed E-state index contributed by atoms with van der Waals surface area (Å²) in [5, 5.41) is 0. The van der Waals surface area contributed by atoms with Crippen LogP contribution in [0.15, 0.2) is 36.4 Å². The number of alkyl halides is 3. The van der Waals surface area contributed by atoms with E-state index in [0.717, 1.165) is 18.2 Å². The van der Waals surface area contributed by atoms with E-state index in [1.807, 2.05) is 0 Å². The lowest BCUT2D eigenvalue weighted by Crippen LogP contribution is -2.04. The molecule has 0 aromatic heterocycles. The summed E-state index contributed by atoms with van der Waals surface area (Å²) in [6.07, 6.45) is -4.59. The summed E-state index contributed by atoms with van der Waals surface area (Å²) in [5.41, 5.74) is -1.59. The van der Waals surface area contributed by atoms with Crippen LogP contribution in [0.25, 0.3) is 11.1 Å². The highest BCUT2D eigenvalue weighted by atomic mass is 19.4. The second-order valence-corrected chi connectivity index (χ2v) is 3.80. The van der Waals surface area contributed by atoms with Crippen LogP contribution in [0.3, 0.4) is 0 Å². The Bertz CT molecular complexity index is 615. The Balaban J connectivity index is 2.57. The van der Waals surface area contributed by atoms with Crippen molar-refractivity contribution in [3.63, 3.8) is 0 Å². The Labute approximate surface area is 104 Å². The largest absolute Gasteiger partial charge is 0.416 e. The monoisotopic (exact) mass is 276 g/mol. The smallest absolute Gasteiger partial charge is 0.204 e. The van der Waals surface area contributed by atoms with E-state index in [2.05, 4.69) is 0 Å². The van der Waals surface area contributed by atoms with Crippen LogP contribution < -0.4 is 0 Å². The van der Waals surface area contributed by atoms with Crippen molar-refractivity contribution in [2.45, 2.75) is 6.18 Å². The van der Waals surface area contributed by atoms with Crippen LogP contribution in [0.2, 0.25) is 0 Å². The van der Waals surface area contributed by atoms with Gasteiger partial charge in [-0.15, -0.1) is 0 Å². The summed E-state index contributed by atoms with van der Waals surface area (Å²) in [6.45, 7) is 0. The van der Waals surface area contributed by atoms with Crippen LogP contribution in [0, 0.1) is 17.5 Å². The summed E-state index contributed by atoms with van der Waals surface area (Å²) in [6, 6.07) is 5.29. The van der Waals surface area contributed by atoms with Gasteiger partial charge in [0, 0.05) is 5.56 Å². The maximum atomic E-state index is 13.5. The van der Waals surface area contributed by atoms with Gasteiger partial charge in [-0.25, -0.2) is 13.2 Å². The van der Waals surface area contributed by atoms with E-state index < -0.39 is 34.8 Å². The molecule has 0 atom stereocenters. The molecule has 2 aromatic rings. The maximum absolute atomic E-state index is 13.5. The molecule has 0 saturated carbocycles. The van der Waals surface area contributed by atoms with Gasteiger partial charge in [-0.05, 0) is 29.8 Å². The lowest BCUT2D eigenvalue weighted by Gasteiger charge is -2.09. The molecule has 0 fully saturated rings. The fraction of sp³-hybridized carbons (Fsp3) is 0.0769. The third kappa shape index (κ3) is 2.57. The van der Waals surface area contributed by atoms with E-state index in [-0.39, 0.29) is 5.56 Å². The third-order valence-corrected chi connectivity index (χ3v) is 2.54. The molecular weight excluding hydrogens is 270 g/mol. The first-order valence-electron chi connectivity index (χ1n) is 5.12. The van der Waals surface area contributed by atoms with E-state index in [0.29, 0.717) is 12.1 Å². The summed E-state index contributed by atoms with van der Waals surface area (Å²) in [4.78, 5) is 0. The molecule has 2 rings (SSSR count). The second kappa shape index (κ2) is 4.60. The highest BCUT2D eigenvalue weighted by molar-refractivity contribution is 5.65. The van der Waals surface area contributed by atoms with Crippen molar-refractivity contribution in [2.75, 3.05) is 0 Å². The van der Waals surface area contributed by atoms with Crippen molar-refractivity contribution in [2.24, 2.45) is 0 Å². The molecule has 0 nitrogen and oxygen atoms in total. The molecule has 100 valence electrons. The number of rotatable bonds is 1. The zero-order chi connectivity index (χ0) is 14.2. The summed E-state index contributed by atoms with van der Waals surface area (Å²) < 4.78 is 76.8. The van der Waals surface area contributed by atoms with Gasteiger partial charge in [0.05, 0.1) is 5.56 Å². The fourth-order valence-corrected chi connectivity index (χ4v) is 1.61. The minimum absolute atomic E-state index is 0.175. The molecule has 0 heterocycles.